The molecule has 1 N–H and O–H groups in total. The maximum Gasteiger partial charge on any atom is 0.411 e. The van der Waals surface area contributed by atoms with Gasteiger partial charge < -0.3 is 10.1 Å². The predicted octanol–water partition coefficient (Wildman–Crippen LogP) is 3.20. The number of nitrogens with zero attached hydrogens (tertiary/aromatic N) is 1. The van der Waals surface area contributed by atoms with Crippen LogP contribution in [0.15, 0.2) is 0 Å². The molecule has 1 unspecified atom stereocenters. The number of aryl methyl sites for hydroxylation is 1. The molecule has 104 valence electrons. The third-order valence-corrected chi connectivity index (χ3v) is 3.59. The van der Waals surface area contributed by atoms with Gasteiger partial charge in [-0.05, 0) is 20.4 Å². The highest BCUT2D eigenvalue weighted by Gasteiger charge is 2.27. The quantitative estimate of drug-likeness (QED) is 0.870. The summed E-state index contributed by atoms with van der Waals surface area (Å²) in [6.07, 6.45) is -4.29. The molecule has 1 heterocycles. The molecule has 3 nitrogen and oxygen atoms in total. The fraction of sp³-hybridized carbons (Fsp3) is 0.727. The zero-order chi connectivity index (χ0) is 13.8. The third-order valence-electron chi connectivity index (χ3n) is 2.27. The van der Waals surface area contributed by atoms with Crippen molar-refractivity contribution in [2.45, 2.75) is 39.6 Å². The van der Waals surface area contributed by atoms with Gasteiger partial charge in [-0.2, -0.15) is 13.2 Å². The molecule has 1 atom stereocenters. The minimum absolute atomic E-state index is 0.0934. The number of rotatable bonds is 6. The van der Waals surface area contributed by atoms with Crippen LogP contribution in [0.25, 0.3) is 0 Å². The summed E-state index contributed by atoms with van der Waals surface area (Å²) in [6.45, 7) is 5.36. The predicted molar refractivity (Wildman–Crippen MR) is 64.7 cm³/mol. The Hall–Kier alpha value is -0.660. The lowest BCUT2D eigenvalue weighted by Crippen LogP contribution is -2.17. The lowest BCUT2D eigenvalue weighted by atomic mass is 10.2. The Kier molecular flexibility index (Phi) is 5.55. The van der Waals surface area contributed by atoms with Crippen LogP contribution in [0.3, 0.4) is 0 Å². The highest BCUT2D eigenvalue weighted by atomic mass is 32.1. The molecule has 0 aliphatic rings. The minimum Gasteiger partial charge on any atom is -0.365 e. The largest absolute Gasteiger partial charge is 0.411 e. The summed E-state index contributed by atoms with van der Waals surface area (Å²) < 4.78 is 40.4. The van der Waals surface area contributed by atoms with E-state index in [1.165, 1.54) is 11.3 Å². The molecule has 0 spiro atoms. The maximum atomic E-state index is 11.9. The van der Waals surface area contributed by atoms with Gasteiger partial charge in [-0.1, -0.05) is 6.92 Å². The molecule has 0 saturated heterocycles. The number of nitrogens with one attached hydrogen (secondary N) is 1. The zero-order valence-electron chi connectivity index (χ0n) is 10.6. The van der Waals surface area contributed by atoms with Gasteiger partial charge in [0.05, 0.1) is 12.3 Å². The van der Waals surface area contributed by atoms with Crippen molar-refractivity contribution in [1.29, 1.82) is 0 Å². The molecule has 0 radical (unpaired) electrons. The monoisotopic (exact) mass is 282 g/mol. The van der Waals surface area contributed by atoms with E-state index in [-0.39, 0.29) is 12.6 Å². The van der Waals surface area contributed by atoms with Crippen molar-refractivity contribution >= 4 is 11.3 Å². The Morgan fingerprint density at radius 3 is 2.67 bits per heavy atom. The van der Waals surface area contributed by atoms with Crippen molar-refractivity contribution in [2.75, 3.05) is 13.2 Å². The van der Waals surface area contributed by atoms with Crippen molar-refractivity contribution in [3.05, 3.63) is 15.6 Å². The van der Waals surface area contributed by atoms with Crippen LogP contribution in [0.5, 0.6) is 0 Å². The van der Waals surface area contributed by atoms with E-state index in [2.05, 4.69) is 15.0 Å². The van der Waals surface area contributed by atoms with Crippen molar-refractivity contribution in [1.82, 2.24) is 10.3 Å². The summed E-state index contributed by atoms with van der Waals surface area (Å²) in [6, 6.07) is 0.156. The fourth-order valence-electron chi connectivity index (χ4n) is 1.58. The van der Waals surface area contributed by atoms with Crippen LogP contribution in [-0.2, 0) is 11.3 Å². The molecule has 1 aromatic rings. The third kappa shape index (κ3) is 4.91. The van der Waals surface area contributed by atoms with E-state index in [9.17, 15) is 13.2 Å². The molecule has 1 rings (SSSR count). The molecule has 0 saturated carbocycles. The molecule has 18 heavy (non-hydrogen) atoms. The van der Waals surface area contributed by atoms with Crippen LogP contribution in [0, 0.1) is 6.92 Å². The Bertz CT molecular complexity index is 379. The van der Waals surface area contributed by atoms with Gasteiger partial charge in [0.15, 0.2) is 0 Å². The number of halogens is 3. The van der Waals surface area contributed by atoms with Gasteiger partial charge in [0.2, 0.25) is 0 Å². The first kappa shape index (κ1) is 15.4. The van der Waals surface area contributed by atoms with Gasteiger partial charge >= 0.3 is 6.18 Å². The first-order valence-corrected chi connectivity index (χ1v) is 6.49. The number of hydrogen-bond donors (Lipinski definition) is 1. The molecule has 0 aromatic carbocycles. The van der Waals surface area contributed by atoms with E-state index < -0.39 is 12.8 Å². The zero-order valence-corrected chi connectivity index (χ0v) is 11.4. The summed E-state index contributed by atoms with van der Waals surface area (Å²) in [5, 5.41) is 3.83. The normalized spacial score (nSPS) is 13.9. The molecular formula is C11H17F3N2OS. The van der Waals surface area contributed by atoms with E-state index in [4.69, 9.17) is 0 Å². The second kappa shape index (κ2) is 6.49. The highest BCUT2D eigenvalue weighted by Crippen LogP contribution is 2.25. The summed E-state index contributed by atoms with van der Waals surface area (Å²) in [5.74, 6) is 0. The van der Waals surface area contributed by atoms with Crippen LogP contribution in [0.4, 0.5) is 13.2 Å². The molecule has 1 aromatic heterocycles. The van der Waals surface area contributed by atoms with E-state index in [0.29, 0.717) is 5.01 Å². The summed E-state index contributed by atoms with van der Waals surface area (Å²) in [7, 11) is 0. The lowest BCUT2D eigenvalue weighted by molar-refractivity contribution is -0.176. The SMILES string of the molecule is CCNC(C)c1sc(COCC(F)(F)F)nc1C. The Morgan fingerprint density at radius 2 is 2.11 bits per heavy atom. The van der Waals surface area contributed by atoms with E-state index in [0.717, 1.165) is 17.1 Å². The van der Waals surface area contributed by atoms with Gasteiger partial charge in [0.25, 0.3) is 0 Å². The van der Waals surface area contributed by atoms with Gasteiger partial charge in [-0.25, -0.2) is 4.98 Å². The van der Waals surface area contributed by atoms with E-state index in [1.54, 1.807) is 0 Å². The number of hydrogen-bond acceptors (Lipinski definition) is 4. The number of alkyl halides is 3. The topological polar surface area (TPSA) is 34.1 Å². The first-order valence-electron chi connectivity index (χ1n) is 5.67. The number of thiazole rings is 1. The van der Waals surface area contributed by atoms with E-state index >= 15 is 0 Å². The second-order valence-corrected chi connectivity index (χ2v) is 5.06. The first-order chi connectivity index (χ1) is 8.33. The number of ether oxygens (including phenoxy) is 1. The van der Waals surface area contributed by atoms with Crippen LogP contribution < -0.4 is 5.32 Å². The summed E-state index contributed by atoms with van der Waals surface area (Å²) in [5.41, 5.74) is 0.846. The average Bonchev–Trinajstić information content (AvgIpc) is 2.58. The van der Waals surface area contributed by atoms with Crippen molar-refractivity contribution < 1.29 is 17.9 Å². The Balaban J connectivity index is 2.56. The molecular weight excluding hydrogens is 265 g/mol. The van der Waals surface area contributed by atoms with Crippen molar-refractivity contribution in [3.63, 3.8) is 0 Å². The number of aromatic nitrogens is 1. The molecule has 0 aliphatic heterocycles. The molecule has 0 bridgehead atoms. The Labute approximate surface area is 108 Å². The van der Waals surface area contributed by atoms with Crippen LogP contribution in [-0.4, -0.2) is 24.3 Å². The fourth-order valence-corrected chi connectivity index (χ4v) is 2.61. The molecule has 7 heteroatoms. The highest BCUT2D eigenvalue weighted by molar-refractivity contribution is 7.11. The van der Waals surface area contributed by atoms with Gasteiger partial charge in [-0.3, -0.25) is 0 Å². The summed E-state index contributed by atoms with van der Waals surface area (Å²) in [4.78, 5) is 5.26. The van der Waals surface area contributed by atoms with Gasteiger partial charge in [-0.15, -0.1) is 11.3 Å². The molecule has 0 fully saturated rings. The van der Waals surface area contributed by atoms with Gasteiger partial charge in [0, 0.05) is 10.9 Å². The van der Waals surface area contributed by atoms with Crippen LogP contribution >= 0.6 is 11.3 Å². The summed E-state index contributed by atoms with van der Waals surface area (Å²) >= 11 is 1.39. The molecule has 0 aliphatic carbocycles. The average molecular weight is 282 g/mol. The molecule has 0 amide bonds. The van der Waals surface area contributed by atoms with Crippen LogP contribution in [0.2, 0.25) is 0 Å². The van der Waals surface area contributed by atoms with E-state index in [1.807, 2.05) is 20.8 Å². The smallest absolute Gasteiger partial charge is 0.365 e. The van der Waals surface area contributed by atoms with Crippen molar-refractivity contribution in [2.24, 2.45) is 0 Å². The van der Waals surface area contributed by atoms with Crippen molar-refractivity contribution in [3.8, 4) is 0 Å². The maximum absolute atomic E-state index is 11.9. The van der Waals surface area contributed by atoms with Crippen LogP contribution in [0.1, 0.15) is 35.5 Å². The minimum atomic E-state index is -4.29. The van der Waals surface area contributed by atoms with Gasteiger partial charge in [0.1, 0.15) is 11.6 Å². The second-order valence-electron chi connectivity index (χ2n) is 3.94. The Morgan fingerprint density at radius 1 is 1.44 bits per heavy atom. The standard InChI is InChI=1S/C11H17F3N2OS/c1-4-15-7(2)10-8(3)16-9(18-10)5-17-6-11(12,13)14/h7,15H,4-6H2,1-3H3. The lowest BCUT2D eigenvalue weighted by Gasteiger charge is -2.10.